The van der Waals surface area contributed by atoms with Gasteiger partial charge in [0.05, 0.1) is 0 Å². The molecular formula is C13H18FN. The van der Waals surface area contributed by atoms with Gasteiger partial charge in [-0.25, -0.2) is 4.39 Å². The lowest BCUT2D eigenvalue weighted by molar-refractivity contribution is 0.234. The topological polar surface area (TPSA) is 12.0 Å². The number of rotatable bonds is 2. The van der Waals surface area contributed by atoms with Crippen molar-refractivity contribution < 1.29 is 4.39 Å². The molecule has 0 aliphatic carbocycles. The van der Waals surface area contributed by atoms with Crippen molar-refractivity contribution in [2.75, 3.05) is 13.1 Å². The van der Waals surface area contributed by atoms with Crippen molar-refractivity contribution in [2.24, 2.45) is 5.41 Å². The molecule has 1 saturated heterocycles. The van der Waals surface area contributed by atoms with Gasteiger partial charge in [-0.1, -0.05) is 19.1 Å². The van der Waals surface area contributed by atoms with Gasteiger partial charge in [-0.3, -0.25) is 0 Å². The lowest BCUT2D eigenvalue weighted by atomic mass is 9.78. The van der Waals surface area contributed by atoms with Gasteiger partial charge in [-0.05, 0) is 48.9 Å². The Morgan fingerprint density at radius 2 is 2.33 bits per heavy atom. The molecule has 0 aromatic heterocycles. The third-order valence-corrected chi connectivity index (χ3v) is 3.21. The van der Waals surface area contributed by atoms with E-state index in [2.05, 4.69) is 12.2 Å². The van der Waals surface area contributed by atoms with E-state index in [0.717, 1.165) is 25.1 Å². The van der Waals surface area contributed by atoms with E-state index in [4.69, 9.17) is 0 Å². The van der Waals surface area contributed by atoms with Gasteiger partial charge in [0, 0.05) is 6.54 Å². The maximum Gasteiger partial charge on any atom is 0.123 e. The number of piperidine rings is 1. The highest BCUT2D eigenvalue weighted by molar-refractivity contribution is 5.18. The molecule has 1 aromatic carbocycles. The fourth-order valence-electron chi connectivity index (χ4n) is 2.41. The second kappa shape index (κ2) is 4.31. The fourth-order valence-corrected chi connectivity index (χ4v) is 2.41. The monoisotopic (exact) mass is 207 g/mol. The summed E-state index contributed by atoms with van der Waals surface area (Å²) in [5.74, 6) is -0.125. The van der Waals surface area contributed by atoms with Crippen LogP contribution >= 0.6 is 0 Å². The zero-order valence-corrected chi connectivity index (χ0v) is 9.22. The summed E-state index contributed by atoms with van der Waals surface area (Å²) in [6, 6.07) is 6.97. The van der Waals surface area contributed by atoms with E-state index >= 15 is 0 Å². The molecule has 0 saturated carbocycles. The van der Waals surface area contributed by atoms with Gasteiger partial charge in [0.25, 0.3) is 0 Å². The largest absolute Gasteiger partial charge is 0.316 e. The van der Waals surface area contributed by atoms with Gasteiger partial charge in [-0.2, -0.15) is 0 Å². The highest BCUT2D eigenvalue weighted by atomic mass is 19.1. The van der Waals surface area contributed by atoms with Gasteiger partial charge in [-0.15, -0.1) is 0 Å². The normalized spacial score (nSPS) is 26.5. The van der Waals surface area contributed by atoms with Gasteiger partial charge >= 0.3 is 0 Å². The Morgan fingerprint density at radius 3 is 3.00 bits per heavy atom. The van der Waals surface area contributed by atoms with Gasteiger partial charge in [0.2, 0.25) is 0 Å². The Labute approximate surface area is 90.7 Å². The number of hydrogen-bond donors (Lipinski definition) is 1. The molecular weight excluding hydrogens is 189 g/mol. The SMILES string of the molecule is CC1(Cc2cccc(F)c2)CCCNC1. The van der Waals surface area contributed by atoms with Crippen molar-refractivity contribution in [3.05, 3.63) is 35.6 Å². The average Bonchev–Trinajstić information content (AvgIpc) is 2.18. The molecule has 2 heteroatoms. The van der Waals surface area contributed by atoms with Crippen LogP contribution in [0.2, 0.25) is 0 Å². The Bertz CT molecular complexity index is 329. The molecule has 1 aromatic rings. The molecule has 0 bridgehead atoms. The second-order valence-electron chi connectivity index (χ2n) is 4.90. The minimum Gasteiger partial charge on any atom is -0.316 e. The standard InChI is InChI=1S/C13H18FN/c1-13(6-3-7-15-10-13)9-11-4-2-5-12(14)8-11/h2,4-5,8,15H,3,6-7,9-10H2,1H3. The van der Waals surface area contributed by atoms with Crippen LogP contribution in [0.25, 0.3) is 0 Å². The molecule has 82 valence electrons. The number of hydrogen-bond acceptors (Lipinski definition) is 1. The van der Waals surface area contributed by atoms with Crippen molar-refractivity contribution in [3.8, 4) is 0 Å². The molecule has 15 heavy (non-hydrogen) atoms. The Balaban J connectivity index is 2.06. The Kier molecular flexibility index (Phi) is 3.06. The predicted octanol–water partition coefficient (Wildman–Crippen LogP) is 2.76. The smallest absolute Gasteiger partial charge is 0.123 e. The van der Waals surface area contributed by atoms with Gasteiger partial charge in [0.1, 0.15) is 5.82 Å². The third kappa shape index (κ3) is 2.78. The fraction of sp³-hybridized carbons (Fsp3) is 0.538. The second-order valence-corrected chi connectivity index (χ2v) is 4.90. The highest BCUT2D eigenvalue weighted by Gasteiger charge is 2.26. The summed E-state index contributed by atoms with van der Waals surface area (Å²) >= 11 is 0. The van der Waals surface area contributed by atoms with E-state index in [1.54, 1.807) is 12.1 Å². The minimum atomic E-state index is -0.125. The van der Waals surface area contributed by atoms with E-state index in [9.17, 15) is 4.39 Å². The first-order valence-electron chi connectivity index (χ1n) is 5.63. The highest BCUT2D eigenvalue weighted by Crippen LogP contribution is 2.29. The molecule has 1 atom stereocenters. The summed E-state index contributed by atoms with van der Waals surface area (Å²) in [5, 5.41) is 3.42. The minimum absolute atomic E-state index is 0.125. The van der Waals surface area contributed by atoms with Crippen molar-refractivity contribution in [1.29, 1.82) is 0 Å². The van der Waals surface area contributed by atoms with E-state index in [1.165, 1.54) is 18.9 Å². The van der Waals surface area contributed by atoms with Gasteiger partial charge in [0.15, 0.2) is 0 Å². The number of halogens is 1. The molecule has 1 aliphatic heterocycles. The molecule has 1 heterocycles. The van der Waals surface area contributed by atoms with Crippen LogP contribution in [0.3, 0.4) is 0 Å². The molecule has 1 aliphatic rings. The Morgan fingerprint density at radius 1 is 1.47 bits per heavy atom. The van der Waals surface area contributed by atoms with Crippen LogP contribution in [-0.4, -0.2) is 13.1 Å². The van der Waals surface area contributed by atoms with Crippen LogP contribution in [0.4, 0.5) is 4.39 Å². The van der Waals surface area contributed by atoms with Crippen LogP contribution in [-0.2, 0) is 6.42 Å². The molecule has 0 amide bonds. The first kappa shape index (κ1) is 10.6. The molecule has 1 nitrogen and oxygen atoms in total. The first-order chi connectivity index (χ1) is 7.18. The molecule has 1 N–H and O–H groups in total. The molecule has 1 fully saturated rings. The summed E-state index contributed by atoms with van der Waals surface area (Å²) in [5.41, 5.74) is 1.41. The van der Waals surface area contributed by atoms with E-state index < -0.39 is 0 Å². The predicted molar refractivity (Wildman–Crippen MR) is 60.3 cm³/mol. The van der Waals surface area contributed by atoms with E-state index in [0.29, 0.717) is 5.41 Å². The van der Waals surface area contributed by atoms with Crippen LogP contribution < -0.4 is 5.32 Å². The quantitative estimate of drug-likeness (QED) is 0.786. The molecule has 0 spiro atoms. The molecule has 1 unspecified atom stereocenters. The van der Waals surface area contributed by atoms with Crippen LogP contribution in [0.5, 0.6) is 0 Å². The van der Waals surface area contributed by atoms with Crippen LogP contribution in [0.15, 0.2) is 24.3 Å². The Hall–Kier alpha value is -0.890. The third-order valence-electron chi connectivity index (χ3n) is 3.21. The average molecular weight is 207 g/mol. The maximum absolute atomic E-state index is 13.0. The number of nitrogens with one attached hydrogen (secondary N) is 1. The molecule has 2 rings (SSSR count). The lowest BCUT2D eigenvalue weighted by Crippen LogP contribution is -2.39. The first-order valence-corrected chi connectivity index (χ1v) is 5.63. The van der Waals surface area contributed by atoms with E-state index in [-0.39, 0.29) is 5.82 Å². The zero-order chi connectivity index (χ0) is 10.7. The van der Waals surface area contributed by atoms with E-state index in [1.807, 2.05) is 6.07 Å². The van der Waals surface area contributed by atoms with Crippen LogP contribution in [0.1, 0.15) is 25.3 Å². The van der Waals surface area contributed by atoms with Crippen molar-refractivity contribution in [2.45, 2.75) is 26.2 Å². The van der Waals surface area contributed by atoms with Crippen molar-refractivity contribution >= 4 is 0 Å². The summed E-state index contributed by atoms with van der Waals surface area (Å²) in [7, 11) is 0. The van der Waals surface area contributed by atoms with Crippen molar-refractivity contribution in [3.63, 3.8) is 0 Å². The van der Waals surface area contributed by atoms with Crippen molar-refractivity contribution in [1.82, 2.24) is 5.32 Å². The van der Waals surface area contributed by atoms with Gasteiger partial charge < -0.3 is 5.32 Å². The zero-order valence-electron chi connectivity index (χ0n) is 9.22. The van der Waals surface area contributed by atoms with Crippen LogP contribution in [0, 0.1) is 11.2 Å². The summed E-state index contributed by atoms with van der Waals surface area (Å²) in [6.45, 7) is 4.45. The number of benzene rings is 1. The molecule has 0 radical (unpaired) electrons. The maximum atomic E-state index is 13.0. The summed E-state index contributed by atoms with van der Waals surface area (Å²) < 4.78 is 13.0. The summed E-state index contributed by atoms with van der Waals surface area (Å²) in [4.78, 5) is 0. The lowest BCUT2D eigenvalue weighted by Gasteiger charge is -2.34. The summed E-state index contributed by atoms with van der Waals surface area (Å²) in [6.07, 6.45) is 3.43.